The van der Waals surface area contributed by atoms with E-state index in [1.807, 2.05) is 0 Å². The van der Waals surface area contributed by atoms with Crippen LogP contribution in [0.4, 0.5) is 0 Å². The zero-order chi connectivity index (χ0) is 13.2. The van der Waals surface area contributed by atoms with Gasteiger partial charge in [-0.15, -0.1) is 24.0 Å². The molecular weight excluding hydrogens is 353 g/mol. The molecule has 0 amide bonds. The van der Waals surface area contributed by atoms with Gasteiger partial charge in [0.2, 0.25) is 0 Å². The number of guanidine groups is 1. The third-order valence-corrected chi connectivity index (χ3v) is 3.28. The van der Waals surface area contributed by atoms with Crippen LogP contribution in [-0.2, 0) is 0 Å². The van der Waals surface area contributed by atoms with Crippen molar-refractivity contribution in [1.82, 2.24) is 15.1 Å². The second kappa shape index (κ2) is 11.7. The van der Waals surface area contributed by atoms with Crippen molar-refractivity contribution < 1.29 is 0 Å². The molecule has 0 spiro atoms. The predicted octanol–water partition coefficient (Wildman–Crippen LogP) is 0.946. The first-order valence-electron chi connectivity index (χ1n) is 7.17. The third kappa shape index (κ3) is 9.45. The van der Waals surface area contributed by atoms with Crippen molar-refractivity contribution in [3.05, 3.63) is 0 Å². The molecule has 0 aliphatic carbocycles. The van der Waals surface area contributed by atoms with Crippen LogP contribution in [0.1, 0.15) is 26.2 Å². The summed E-state index contributed by atoms with van der Waals surface area (Å²) >= 11 is 0. The minimum absolute atomic E-state index is 0. The molecule has 0 saturated carbocycles. The molecule has 1 rings (SSSR count). The zero-order valence-corrected chi connectivity index (χ0v) is 14.7. The average Bonchev–Trinajstić information content (AvgIpc) is 2.57. The summed E-state index contributed by atoms with van der Waals surface area (Å²) in [5.41, 5.74) is 5.74. The molecular formula is C13H30IN5. The quantitative estimate of drug-likeness (QED) is 0.310. The Hall–Kier alpha value is -0.0800. The largest absolute Gasteiger partial charge is 0.370 e. The molecule has 0 unspecified atom stereocenters. The van der Waals surface area contributed by atoms with E-state index in [0.717, 1.165) is 32.5 Å². The lowest BCUT2D eigenvalue weighted by molar-refractivity contribution is 0.274. The molecule has 19 heavy (non-hydrogen) atoms. The van der Waals surface area contributed by atoms with E-state index in [1.165, 1.54) is 32.6 Å². The average molecular weight is 383 g/mol. The van der Waals surface area contributed by atoms with E-state index in [0.29, 0.717) is 5.96 Å². The van der Waals surface area contributed by atoms with Gasteiger partial charge in [0.05, 0.1) is 0 Å². The van der Waals surface area contributed by atoms with Crippen molar-refractivity contribution in [1.29, 1.82) is 0 Å². The van der Waals surface area contributed by atoms with Gasteiger partial charge >= 0.3 is 0 Å². The maximum absolute atomic E-state index is 5.74. The minimum Gasteiger partial charge on any atom is -0.370 e. The van der Waals surface area contributed by atoms with Crippen LogP contribution >= 0.6 is 24.0 Å². The maximum Gasteiger partial charge on any atom is 0.188 e. The summed E-state index contributed by atoms with van der Waals surface area (Å²) in [7, 11) is 2.20. The van der Waals surface area contributed by atoms with Gasteiger partial charge < -0.3 is 20.9 Å². The molecule has 6 heteroatoms. The van der Waals surface area contributed by atoms with Crippen LogP contribution in [0.15, 0.2) is 4.99 Å². The molecule has 1 fully saturated rings. The number of nitrogens with zero attached hydrogens (tertiary/aromatic N) is 3. The second-order valence-electron chi connectivity index (χ2n) is 5.05. The van der Waals surface area contributed by atoms with Crippen LogP contribution < -0.4 is 11.1 Å². The Morgan fingerprint density at radius 1 is 1.26 bits per heavy atom. The van der Waals surface area contributed by atoms with Gasteiger partial charge in [0, 0.05) is 26.2 Å². The van der Waals surface area contributed by atoms with Gasteiger partial charge in [-0.3, -0.25) is 4.99 Å². The van der Waals surface area contributed by atoms with Crippen LogP contribution in [-0.4, -0.2) is 68.6 Å². The molecule has 0 aromatic rings. The fraction of sp³-hybridized carbons (Fsp3) is 0.923. The van der Waals surface area contributed by atoms with Crippen molar-refractivity contribution >= 4 is 29.9 Å². The summed E-state index contributed by atoms with van der Waals surface area (Å²) in [5.74, 6) is 0.590. The number of hydrogen-bond acceptors (Lipinski definition) is 3. The fourth-order valence-corrected chi connectivity index (χ4v) is 2.13. The smallest absolute Gasteiger partial charge is 0.188 e. The summed E-state index contributed by atoms with van der Waals surface area (Å²) in [6, 6.07) is 0. The minimum atomic E-state index is 0. The molecule has 3 N–H and O–H groups in total. The van der Waals surface area contributed by atoms with Crippen molar-refractivity contribution in [2.24, 2.45) is 10.7 Å². The third-order valence-electron chi connectivity index (χ3n) is 3.28. The summed E-state index contributed by atoms with van der Waals surface area (Å²) in [5, 5.41) is 3.17. The predicted molar refractivity (Wildman–Crippen MR) is 93.4 cm³/mol. The second-order valence-corrected chi connectivity index (χ2v) is 5.05. The number of likely N-dealkylation sites (N-methyl/N-ethyl adjacent to an activating group) is 1. The van der Waals surface area contributed by atoms with E-state index < -0.39 is 0 Å². The van der Waals surface area contributed by atoms with Gasteiger partial charge in [-0.05, 0) is 45.9 Å². The molecule has 0 bridgehead atoms. The highest BCUT2D eigenvalue weighted by Crippen LogP contribution is 2.01. The summed E-state index contributed by atoms with van der Waals surface area (Å²) in [6.45, 7) is 9.83. The molecule has 114 valence electrons. The number of aliphatic imine (C=N–C) groups is 1. The van der Waals surface area contributed by atoms with Gasteiger partial charge in [0.25, 0.3) is 0 Å². The lowest BCUT2D eigenvalue weighted by Crippen LogP contribution is -2.35. The molecule has 0 atom stereocenters. The molecule has 0 aromatic carbocycles. The molecule has 0 aromatic heterocycles. The summed E-state index contributed by atoms with van der Waals surface area (Å²) in [6.07, 6.45) is 3.46. The fourth-order valence-electron chi connectivity index (χ4n) is 2.13. The van der Waals surface area contributed by atoms with Gasteiger partial charge in [0.1, 0.15) is 0 Å². The highest BCUT2D eigenvalue weighted by Gasteiger charge is 2.10. The van der Waals surface area contributed by atoms with Crippen LogP contribution in [0, 0.1) is 0 Å². The lowest BCUT2D eigenvalue weighted by atomic mass is 10.3. The topological polar surface area (TPSA) is 56.9 Å². The van der Waals surface area contributed by atoms with E-state index in [-0.39, 0.29) is 24.0 Å². The molecule has 1 saturated heterocycles. The Bertz CT molecular complexity index is 247. The highest BCUT2D eigenvalue weighted by atomic mass is 127. The number of rotatable bonds is 6. The van der Waals surface area contributed by atoms with Crippen LogP contribution in [0.5, 0.6) is 0 Å². The van der Waals surface area contributed by atoms with E-state index in [2.05, 4.69) is 34.1 Å². The number of nitrogens with one attached hydrogen (secondary N) is 1. The first-order chi connectivity index (χ1) is 8.72. The SMILES string of the molecule is CCCN=C(N)NCCCN1CCCN(C)CC1.I. The van der Waals surface area contributed by atoms with Gasteiger partial charge in [0.15, 0.2) is 5.96 Å². The molecule has 5 nitrogen and oxygen atoms in total. The Labute approximate surface area is 135 Å². The Kier molecular flexibility index (Phi) is 11.7. The lowest BCUT2D eigenvalue weighted by Gasteiger charge is -2.20. The first-order valence-corrected chi connectivity index (χ1v) is 7.17. The van der Waals surface area contributed by atoms with Gasteiger partial charge in [-0.1, -0.05) is 6.92 Å². The number of nitrogens with two attached hydrogens (primary N) is 1. The Morgan fingerprint density at radius 3 is 2.79 bits per heavy atom. The zero-order valence-electron chi connectivity index (χ0n) is 12.4. The van der Waals surface area contributed by atoms with Crippen LogP contribution in [0.3, 0.4) is 0 Å². The molecule has 0 radical (unpaired) electrons. The van der Waals surface area contributed by atoms with Crippen molar-refractivity contribution in [2.45, 2.75) is 26.2 Å². The molecule has 1 aliphatic heterocycles. The summed E-state index contributed by atoms with van der Waals surface area (Å²) in [4.78, 5) is 9.17. The molecule has 1 heterocycles. The van der Waals surface area contributed by atoms with Crippen molar-refractivity contribution in [2.75, 3.05) is 52.9 Å². The van der Waals surface area contributed by atoms with Gasteiger partial charge in [-0.2, -0.15) is 0 Å². The maximum atomic E-state index is 5.74. The van der Waals surface area contributed by atoms with E-state index in [1.54, 1.807) is 0 Å². The van der Waals surface area contributed by atoms with E-state index in [9.17, 15) is 0 Å². The van der Waals surface area contributed by atoms with Crippen molar-refractivity contribution in [3.63, 3.8) is 0 Å². The number of halogens is 1. The van der Waals surface area contributed by atoms with Crippen molar-refractivity contribution in [3.8, 4) is 0 Å². The summed E-state index contributed by atoms with van der Waals surface area (Å²) < 4.78 is 0. The van der Waals surface area contributed by atoms with Gasteiger partial charge in [-0.25, -0.2) is 0 Å². The monoisotopic (exact) mass is 383 g/mol. The highest BCUT2D eigenvalue weighted by molar-refractivity contribution is 14.0. The first kappa shape index (κ1) is 18.9. The van der Waals surface area contributed by atoms with E-state index in [4.69, 9.17) is 5.73 Å². The standard InChI is InChI=1S/C13H29N5.HI/c1-3-6-15-13(14)16-7-4-9-18-10-5-8-17(2)11-12-18;/h3-12H2,1-2H3,(H3,14,15,16);1H. The normalized spacial score (nSPS) is 18.7. The Morgan fingerprint density at radius 2 is 2.05 bits per heavy atom. The molecule has 1 aliphatic rings. The number of hydrogen-bond donors (Lipinski definition) is 2. The van der Waals surface area contributed by atoms with Crippen LogP contribution in [0.25, 0.3) is 0 Å². The van der Waals surface area contributed by atoms with E-state index >= 15 is 0 Å². The van der Waals surface area contributed by atoms with Crippen LogP contribution in [0.2, 0.25) is 0 Å². The Balaban J connectivity index is 0.00000324.